The van der Waals surface area contributed by atoms with Crippen LogP contribution in [0, 0.1) is 5.92 Å². The first-order chi connectivity index (χ1) is 14.0. The van der Waals surface area contributed by atoms with Crippen LogP contribution in [0.3, 0.4) is 0 Å². The van der Waals surface area contributed by atoms with Crippen LogP contribution in [0.15, 0.2) is 42.5 Å². The Morgan fingerprint density at radius 3 is 2.33 bits per heavy atom. The van der Waals surface area contributed by atoms with Gasteiger partial charge in [0, 0.05) is 12.1 Å². The lowest BCUT2D eigenvalue weighted by molar-refractivity contribution is 0.0929. The Bertz CT molecular complexity index is 884. The first-order valence-electron chi connectivity index (χ1n) is 10.3. The summed E-state index contributed by atoms with van der Waals surface area (Å²) in [7, 11) is 3.24. The van der Waals surface area contributed by atoms with Gasteiger partial charge >= 0.3 is 0 Å². The Morgan fingerprint density at radius 1 is 1.07 bits per heavy atom. The monoisotopic (exact) mass is 493 g/mol. The lowest BCUT2D eigenvalue weighted by Crippen LogP contribution is -2.38. The zero-order valence-corrected chi connectivity index (χ0v) is 19.9. The Kier molecular flexibility index (Phi) is 7.48. The minimum Gasteiger partial charge on any atom is -0.493 e. The molecular formula is C24H29BrClNO3. The molecule has 1 unspecified atom stereocenters. The lowest BCUT2D eigenvalue weighted by atomic mass is 9.85. The number of fused-ring (bicyclic) bond motifs is 1. The minimum atomic E-state index is -0.501. The van der Waals surface area contributed by atoms with Gasteiger partial charge in [0.05, 0.1) is 18.5 Å². The number of halogens is 2. The molecular weight excluding hydrogens is 466 g/mol. The number of piperidine rings is 1. The predicted octanol–water partition coefficient (Wildman–Crippen LogP) is 5.30. The van der Waals surface area contributed by atoms with Crippen molar-refractivity contribution in [1.82, 2.24) is 4.90 Å². The zero-order valence-electron chi connectivity index (χ0n) is 17.5. The normalized spacial score (nSPS) is 21.8. The molecule has 0 saturated carbocycles. The number of rotatable bonds is 6. The number of Topliss-reactive ketones (excluding diaryl/α,β-unsaturated/α-hetero) is 1. The van der Waals surface area contributed by atoms with Crippen LogP contribution in [-0.4, -0.2) is 42.3 Å². The molecule has 0 spiro atoms. The van der Waals surface area contributed by atoms with Crippen LogP contribution in [0.4, 0.5) is 0 Å². The number of ketones is 1. The van der Waals surface area contributed by atoms with Gasteiger partial charge in [0.2, 0.25) is 0 Å². The summed E-state index contributed by atoms with van der Waals surface area (Å²) in [4.78, 5) is 15.7. The highest BCUT2D eigenvalue weighted by Gasteiger charge is 2.45. The number of hydrogen-bond donors (Lipinski definition) is 0. The van der Waals surface area contributed by atoms with E-state index in [4.69, 9.17) is 9.47 Å². The number of carbonyl (C=O) groups excluding carboxylic acids is 1. The van der Waals surface area contributed by atoms with E-state index in [1.807, 2.05) is 12.1 Å². The predicted molar refractivity (Wildman–Crippen MR) is 126 cm³/mol. The van der Waals surface area contributed by atoms with Gasteiger partial charge in [-0.25, -0.2) is 0 Å². The molecule has 1 heterocycles. The van der Waals surface area contributed by atoms with Crippen molar-refractivity contribution in [3.05, 3.63) is 59.2 Å². The Hall–Kier alpha value is -1.56. The van der Waals surface area contributed by atoms with E-state index in [-0.39, 0.29) is 18.2 Å². The molecule has 1 atom stereocenters. The molecule has 0 N–H and O–H groups in total. The second kappa shape index (κ2) is 9.71. The second-order valence-electron chi connectivity index (χ2n) is 8.24. The summed E-state index contributed by atoms with van der Waals surface area (Å²) in [5.41, 5.74) is 3.18. The number of likely N-dealkylation sites (tertiary alicyclic amines) is 1. The van der Waals surface area contributed by atoms with E-state index in [1.165, 1.54) is 5.56 Å². The summed E-state index contributed by atoms with van der Waals surface area (Å²) in [5.74, 6) is 2.04. The number of ether oxygens (including phenoxy) is 2. The highest BCUT2D eigenvalue weighted by Crippen LogP contribution is 2.45. The first kappa shape index (κ1) is 23.1. The average molecular weight is 495 g/mol. The van der Waals surface area contributed by atoms with Gasteiger partial charge in [-0.3, -0.25) is 9.69 Å². The minimum absolute atomic E-state index is 0. The highest BCUT2D eigenvalue weighted by molar-refractivity contribution is 9.10. The summed E-state index contributed by atoms with van der Waals surface area (Å²) in [5, 5.41) is 0. The van der Waals surface area contributed by atoms with Crippen molar-refractivity contribution >= 4 is 34.1 Å². The number of carbonyl (C=O) groups is 1. The quantitative estimate of drug-likeness (QED) is 0.511. The third-order valence-electron chi connectivity index (χ3n) is 6.30. The Labute approximate surface area is 193 Å². The molecule has 0 radical (unpaired) electrons. The van der Waals surface area contributed by atoms with E-state index in [1.54, 1.807) is 14.2 Å². The third-order valence-corrected chi connectivity index (χ3v) is 7.26. The smallest absolute Gasteiger partial charge is 0.180 e. The van der Waals surface area contributed by atoms with Crippen molar-refractivity contribution in [3.63, 3.8) is 0 Å². The van der Waals surface area contributed by atoms with Gasteiger partial charge in [-0.1, -0.05) is 46.3 Å². The van der Waals surface area contributed by atoms with E-state index in [0.717, 1.165) is 50.0 Å². The third kappa shape index (κ3) is 4.68. The van der Waals surface area contributed by atoms with Crippen LogP contribution < -0.4 is 9.47 Å². The maximum Gasteiger partial charge on any atom is 0.180 e. The lowest BCUT2D eigenvalue weighted by Gasteiger charge is -2.35. The summed E-state index contributed by atoms with van der Waals surface area (Å²) >= 11 is 3.84. The zero-order chi connectivity index (χ0) is 20.4. The summed E-state index contributed by atoms with van der Waals surface area (Å²) in [6, 6.07) is 14.4. The molecule has 4 nitrogen and oxygen atoms in total. The number of alkyl halides is 1. The van der Waals surface area contributed by atoms with Crippen molar-refractivity contribution in [2.24, 2.45) is 5.92 Å². The van der Waals surface area contributed by atoms with E-state index in [0.29, 0.717) is 23.8 Å². The van der Waals surface area contributed by atoms with Gasteiger partial charge in [0.1, 0.15) is 0 Å². The fourth-order valence-electron chi connectivity index (χ4n) is 4.71. The molecule has 2 aromatic rings. The molecule has 0 aromatic heterocycles. The van der Waals surface area contributed by atoms with Gasteiger partial charge in [-0.2, -0.15) is 0 Å². The largest absolute Gasteiger partial charge is 0.493 e. The molecule has 4 rings (SSSR count). The molecule has 2 aromatic carbocycles. The van der Waals surface area contributed by atoms with Crippen molar-refractivity contribution in [1.29, 1.82) is 0 Å². The Morgan fingerprint density at radius 2 is 1.70 bits per heavy atom. The fourth-order valence-corrected chi connectivity index (χ4v) is 5.69. The number of hydrogen-bond acceptors (Lipinski definition) is 4. The number of nitrogens with zero attached hydrogens (tertiary/aromatic N) is 1. The van der Waals surface area contributed by atoms with Crippen LogP contribution in [0.5, 0.6) is 11.5 Å². The van der Waals surface area contributed by atoms with Gasteiger partial charge in [0.25, 0.3) is 0 Å². The number of methoxy groups -OCH3 is 2. The summed E-state index contributed by atoms with van der Waals surface area (Å²) in [6.45, 7) is 3.19. The molecule has 0 amide bonds. The van der Waals surface area contributed by atoms with Crippen molar-refractivity contribution in [2.45, 2.75) is 36.6 Å². The maximum absolute atomic E-state index is 13.2. The van der Waals surface area contributed by atoms with Crippen LogP contribution >= 0.6 is 28.3 Å². The summed E-state index contributed by atoms with van der Waals surface area (Å²) in [6.07, 6.45) is 3.86. The van der Waals surface area contributed by atoms with Crippen LogP contribution in [0.2, 0.25) is 0 Å². The number of benzene rings is 2. The van der Waals surface area contributed by atoms with Crippen molar-refractivity contribution < 1.29 is 14.3 Å². The molecule has 1 saturated heterocycles. The molecule has 0 bridgehead atoms. The van der Waals surface area contributed by atoms with Crippen molar-refractivity contribution in [2.75, 3.05) is 27.3 Å². The van der Waals surface area contributed by atoms with Gasteiger partial charge in [-0.15, -0.1) is 12.4 Å². The molecule has 162 valence electrons. The van der Waals surface area contributed by atoms with Crippen LogP contribution in [-0.2, 0) is 13.0 Å². The molecule has 30 heavy (non-hydrogen) atoms. The summed E-state index contributed by atoms with van der Waals surface area (Å²) < 4.78 is 10.3. The molecule has 6 heteroatoms. The van der Waals surface area contributed by atoms with E-state index < -0.39 is 4.32 Å². The van der Waals surface area contributed by atoms with Gasteiger partial charge < -0.3 is 9.47 Å². The van der Waals surface area contributed by atoms with Crippen LogP contribution in [0.25, 0.3) is 0 Å². The topological polar surface area (TPSA) is 38.8 Å². The first-order valence-corrected chi connectivity index (χ1v) is 11.1. The van der Waals surface area contributed by atoms with E-state index in [2.05, 4.69) is 51.2 Å². The van der Waals surface area contributed by atoms with Gasteiger partial charge in [-0.05, 0) is 68.0 Å². The van der Waals surface area contributed by atoms with E-state index in [9.17, 15) is 4.79 Å². The Balaban J connectivity index is 0.00000256. The van der Waals surface area contributed by atoms with Gasteiger partial charge in [0.15, 0.2) is 17.3 Å². The fraction of sp³-hybridized carbons (Fsp3) is 0.458. The average Bonchev–Trinajstić information content (AvgIpc) is 2.98. The van der Waals surface area contributed by atoms with E-state index >= 15 is 0 Å². The SMILES string of the molecule is COc1cc2c(cc1OC)C(=O)C(Br)(CC1CCN(Cc3ccccc3)CC1)C2.Cl. The van der Waals surface area contributed by atoms with Crippen molar-refractivity contribution in [3.8, 4) is 11.5 Å². The molecule has 2 aliphatic rings. The molecule has 1 aliphatic carbocycles. The highest BCUT2D eigenvalue weighted by atomic mass is 79.9. The standard InChI is InChI=1S/C24H28BrNO3.ClH/c1-28-21-12-19-15-24(25,23(27)20(19)13-22(21)29-2)14-17-8-10-26(11-9-17)16-18-6-4-3-5-7-18;/h3-7,12-13,17H,8-11,14-16H2,1-2H3;1H. The molecule has 1 aliphatic heterocycles. The maximum atomic E-state index is 13.2. The second-order valence-corrected chi connectivity index (χ2v) is 9.76. The molecule has 1 fully saturated rings. The van der Waals surface area contributed by atoms with Crippen LogP contribution in [0.1, 0.15) is 40.7 Å².